The minimum Gasteiger partial charge on any atom is -0.392 e. The van der Waals surface area contributed by atoms with Crippen LogP contribution in [-0.4, -0.2) is 42.0 Å². The first kappa shape index (κ1) is 13.7. The highest BCUT2D eigenvalue weighted by Crippen LogP contribution is 2.46. The Labute approximate surface area is 114 Å². The minimum atomic E-state index is -0.513. The molecule has 2 aliphatic rings. The smallest absolute Gasteiger partial charge is 0.233 e. The van der Waals surface area contributed by atoms with Crippen molar-refractivity contribution in [3.8, 4) is 0 Å². The minimum absolute atomic E-state index is 0.0230. The number of carbonyl (C=O) groups excluding carboxylic acids is 1. The number of nitrogens with two attached hydrogens (primary N) is 1. The maximum atomic E-state index is 12.0. The van der Waals surface area contributed by atoms with Crippen molar-refractivity contribution in [3.63, 3.8) is 0 Å². The Hall–Kier alpha value is -0.680. The van der Waals surface area contributed by atoms with Crippen LogP contribution < -0.4 is 11.1 Å². The summed E-state index contributed by atoms with van der Waals surface area (Å²) in [5.74, 6) is 0.0230. The van der Waals surface area contributed by atoms with Crippen molar-refractivity contribution in [3.05, 3.63) is 0 Å². The summed E-state index contributed by atoms with van der Waals surface area (Å²) in [5.41, 5.74) is 5.11. The van der Waals surface area contributed by atoms with Crippen LogP contribution in [0, 0.1) is 5.41 Å². The monoisotopic (exact) mass is 269 g/mol. The van der Waals surface area contributed by atoms with E-state index in [1.807, 2.05) is 0 Å². The van der Waals surface area contributed by atoms with E-state index in [2.05, 4.69) is 17.3 Å². The van der Waals surface area contributed by atoms with Crippen molar-refractivity contribution in [1.29, 1.82) is 0 Å². The van der Waals surface area contributed by atoms with Crippen LogP contribution in [0.4, 0.5) is 0 Å². The number of likely N-dealkylation sites (N-methyl/N-ethyl adjacent to an activating group) is 1. The summed E-state index contributed by atoms with van der Waals surface area (Å²) in [5, 5.41) is 2.97. The van der Waals surface area contributed by atoms with Gasteiger partial charge in [-0.2, -0.15) is 0 Å². The fraction of sp³-hybridized carbons (Fsp3) is 0.846. The summed E-state index contributed by atoms with van der Waals surface area (Å²) < 4.78 is 0. The van der Waals surface area contributed by atoms with Gasteiger partial charge in [0.05, 0.1) is 10.4 Å². The third-order valence-electron chi connectivity index (χ3n) is 4.35. The van der Waals surface area contributed by atoms with Crippen molar-refractivity contribution >= 4 is 23.1 Å². The quantitative estimate of drug-likeness (QED) is 0.708. The number of rotatable bonds is 6. The number of hydrogen-bond acceptors (Lipinski definition) is 3. The molecule has 5 heteroatoms. The van der Waals surface area contributed by atoms with Crippen molar-refractivity contribution in [2.45, 2.75) is 44.6 Å². The molecule has 0 spiro atoms. The summed E-state index contributed by atoms with van der Waals surface area (Å²) in [7, 11) is 2.14. The van der Waals surface area contributed by atoms with E-state index < -0.39 is 5.41 Å². The molecule has 0 bridgehead atoms. The predicted molar refractivity (Wildman–Crippen MR) is 76.3 cm³/mol. The Morgan fingerprint density at radius 3 is 2.56 bits per heavy atom. The average molecular weight is 269 g/mol. The number of nitrogens with one attached hydrogen (secondary N) is 1. The fourth-order valence-electron chi connectivity index (χ4n) is 2.75. The summed E-state index contributed by atoms with van der Waals surface area (Å²) in [6.07, 6.45) is 6.89. The summed E-state index contributed by atoms with van der Waals surface area (Å²) >= 11 is 4.97. The van der Waals surface area contributed by atoms with E-state index in [1.54, 1.807) is 0 Å². The normalized spacial score (nSPS) is 22.1. The van der Waals surface area contributed by atoms with Crippen LogP contribution >= 0.6 is 12.2 Å². The van der Waals surface area contributed by atoms with Gasteiger partial charge in [0.25, 0.3) is 0 Å². The molecular formula is C13H23N3OS. The molecule has 0 radical (unpaired) electrons. The molecule has 0 atom stereocenters. The molecule has 102 valence electrons. The largest absolute Gasteiger partial charge is 0.392 e. The first-order valence-corrected chi connectivity index (χ1v) is 7.25. The van der Waals surface area contributed by atoms with Gasteiger partial charge in [-0.05, 0) is 32.7 Å². The van der Waals surface area contributed by atoms with E-state index in [9.17, 15) is 4.79 Å². The summed E-state index contributed by atoms with van der Waals surface area (Å²) in [6, 6.07) is 0.701. The molecule has 2 saturated carbocycles. The molecule has 18 heavy (non-hydrogen) atoms. The highest BCUT2D eigenvalue weighted by molar-refractivity contribution is 7.80. The standard InChI is InChI=1S/C13H23N3OS/c1-16(10-4-2-3-5-10)9-8-15-12(17)13(6-7-13)11(14)18/h10H,2-9H2,1H3,(H2,14,18)(H,15,17). The van der Waals surface area contributed by atoms with Gasteiger partial charge in [-0.15, -0.1) is 0 Å². The molecule has 0 unspecified atom stereocenters. The SMILES string of the molecule is CN(CCNC(=O)C1(C(N)=S)CC1)C1CCCC1. The highest BCUT2D eigenvalue weighted by atomic mass is 32.1. The number of amides is 1. The Balaban J connectivity index is 1.69. The van der Waals surface area contributed by atoms with Crippen LogP contribution in [0.2, 0.25) is 0 Å². The van der Waals surface area contributed by atoms with Gasteiger partial charge in [-0.3, -0.25) is 4.79 Å². The van der Waals surface area contributed by atoms with Gasteiger partial charge in [0.1, 0.15) is 0 Å². The Kier molecular flexibility index (Phi) is 4.22. The lowest BCUT2D eigenvalue weighted by Crippen LogP contribution is -2.43. The highest BCUT2D eigenvalue weighted by Gasteiger charge is 2.52. The van der Waals surface area contributed by atoms with Crippen LogP contribution in [-0.2, 0) is 4.79 Å². The molecule has 3 N–H and O–H groups in total. The molecule has 0 aromatic rings. The van der Waals surface area contributed by atoms with Crippen molar-refractivity contribution < 1.29 is 4.79 Å². The first-order chi connectivity index (χ1) is 8.56. The number of carbonyl (C=O) groups is 1. The molecule has 0 saturated heterocycles. The molecular weight excluding hydrogens is 246 g/mol. The van der Waals surface area contributed by atoms with Gasteiger partial charge >= 0.3 is 0 Å². The van der Waals surface area contributed by atoms with Crippen molar-refractivity contribution in [2.75, 3.05) is 20.1 Å². The molecule has 0 aromatic heterocycles. The Morgan fingerprint density at radius 1 is 1.44 bits per heavy atom. The average Bonchev–Trinajstić information content (AvgIpc) is 2.97. The molecule has 4 nitrogen and oxygen atoms in total. The lowest BCUT2D eigenvalue weighted by atomic mass is 10.1. The van der Waals surface area contributed by atoms with E-state index in [4.69, 9.17) is 18.0 Å². The molecule has 0 aliphatic heterocycles. The molecule has 0 heterocycles. The third-order valence-corrected chi connectivity index (χ3v) is 4.75. The second kappa shape index (κ2) is 5.53. The second-order valence-corrected chi connectivity index (χ2v) is 6.06. The Bertz CT molecular complexity index is 335. The Morgan fingerprint density at radius 2 is 2.06 bits per heavy atom. The molecule has 0 aromatic carbocycles. The predicted octanol–water partition coefficient (Wildman–Crippen LogP) is 1.04. The van der Waals surface area contributed by atoms with Gasteiger partial charge in [-0.25, -0.2) is 0 Å². The van der Waals surface area contributed by atoms with Crippen LogP contribution in [0.3, 0.4) is 0 Å². The molecule has 2 fully saturated rings. The zero-order chi connectivity index (χ0) is 13.2. The van der Waals surface area contributed by atoms with Crippen LogP contribution in [0.25, 0.3) is 0 Å². The maximum absolute atomic E-state index is 12.0. The van der Waals surface area contributed by atoms with Crippen LogP contribution in [0.1, 0.15) is 38.5 Å². The zero-order valence-electron chi connectivity index (χ0n) is 11.1. The van der Waals surface area contributed by atoms with Gasteiger partial charge in [0, 0.05) is 19.1 Å². The third kappa shape index (κ3) is 2.83. The number of thiocarbonyl (C=S) groups is 1. The van der Waals surface area contributed by atoms with Crippen LogP contribution in [0.5, 0.6) is 0 Å². The lowest BCUT2D eigenvalue weighted by Gasteiger charge is -2.24. The van der Waals surface area contributed by atoms with Crippen LogP contribution in [0.15, 0.2) is 0 Å². The van der Waals surface area contributed by atoms with Gasteiger partial charge in [-0.1, -0.05) is 25.1 Å². The van der Waals surface area contributed by atoms with E-state index >= 15 is 0 Å². The van der Waals surface area contributed by atoms with E-state index in [1.165, 1.54) is 25.7 Å². The summed E-state index contributed by atoms with van der Waals surface area (Å²) in [4.78, 5) is 14.7. The summed E-state index contributed by atoms with van der Waals surface area (Å²) in [6.45, 7) is 1.60. The van der Waals surface area contributed by atoms with Crippen molar-refractivity contribution in [2.24, 2.45) is 11.1 Å². The van der Waals surface area contributed by atoms with E-state index in [0.717, 1.165) is 19.4 Å². The molecule has 2 aliphatic carbocycles. The maximum Gasteiger partial charge on any atom is 0.233 e. The van der Waals surface area contributed by atoms with Gasteiger partial charge < -0.3 is 16.0 Å². The van der Waals surface area contributed by atoms with E-state index in [0.29, 0.717) is 17.6 Å². The molecule has 2 rings (SSSR count). The zero-order valence-corrected chi connectivity index (χ0v) is 11.9. The van der Waals surface area contributed by atoms with Gasteiger partial charge in [0.2, 0.25) is 5.91 Å². The van der Waals surface area contributed by atoms with Gasteiger partial charge in [0.15, 0.2) is 0 Å². The fourth-order valence-corrected chi connectivity index (χ4v) is 3.05. The lowest BCUT2D eigenvalue weighted by molar-refractivity contribution is -0.124. The first-order valence-electron chi connectivity index (χ1n) is 6.85. The second-order valence-electron chi connectivity index (χ2n) is 5.62. The topological polar surface area (TPSA) is 58.4 Å². The number of nitrogens with zero attached hydrogens (tertiary/aromatic N) is 1. The van der Waals surface area contributed by atoms with Crippen molar-refractivity contribution in [1.82, 2.24) is 10.2 Å². The van der Waals surface area contributed by atoms with E-state index in [-0.39, 0.29) is 5.91 Å². The number of hydrogen-bond donors (Lipinski definition) is 2. The molecule has 1 amide bonds.